The van der Waals surface area contributed by atoms with Crippen molar-refractivity contribution in [3.63, 3.8) is 0 Å². The Morgan fingerprint density at radius 1 is 1.00 bits per heavy atom. The van der Waals surface area contributed by atoms with Gasteiger partial charge in [0, 0.05) is 11.1 Å². The smallest absolute Gasteiger partial charge is 0.176 e. The summed E-state index contributed by atoms with van der Waals surface area (Å²) >= 11 is 0. The normalized spacial score (nSPS) is 22.6. The molecular formula is C16H18O2. The van der Waals surface area contributed by atoms with Crippen LogP contribution in [-0.4, -0.2) is 11.6 Å². The van der Waals surface area contributed by atoms with Gasteiger partial charge in [-0.3, -0.25) is 9.59 Å². The second kappa shape index (κ2) is 3.78. The molecule has 2 aliphatic rings. The van der Waals surface area contributed by atoms with Crippen molar-refractivity contribution in [1.82, 2.24) is 0 Å². The lowest BCUT2D eigenvalue weighted by Gasteiger charge is -2.11. The molecule has 0 spiro atoms. The summed E-state index contributed by atoms with van der Waals surface area (Å²) in [6.45, 7) is 3.46. The van der Waals surface area contributed by atoms with Crippen LogP contribution in [0.15, 0.2) is 18.2 Å². The van der Waals surface area contributed by atoms with E-state index in [0.717, 1.165) is 0 Å². The first kappa shape index (κ1) is 11.6. The molecule has 1 aromatic carbocycles. The van der Waals surface area contributed by atoms with Crippen LogP contribution in [0.4, 0.5) is 0 Å². The quantitative estimate of drug-likeness (QED) is 0.703. The second-order valence-corrected chi connectivity index (χ2v) is 6.07. The molecule has 1 saturated carbocycles. The summed E-state index contributed by atoms with van der Waals surface area (Å²) in [5, 5.41) is 0. The average molecular weight is 242 g/mol. The van der Waals surface area contributed by atoms with Gasteiger partial charge in [-0.1, -0.05) is 25.0 Å². The zero-order chi connectivity index (χ0) is 12.9. The molecule has 0 unspecified atom stereocenters. The Bertz CT molecular complexity index is 534. The topological polar surface area (TPSA) is 34.1 Å². The van der Waals surface area contributed by atoms with Gasteiger partial charge in [-0.05, 0) is 44.2 Å². The van der Waals surface area contributed by atoms with E-state index in [4.69, 9.17) is 0 Å². The molecule has 1 aromatic rings. The number of carbonyl (C=O) groups excluding carboxylic acids is 2. The lowest BCUT2D eigenvalue weighted by atomic mass is 9.88. The van der Waals surface area contributed by atoms with Gasteiger partial charge in [0.25, 0.3) is 0 Å². The number of rotatable bonds is 1. The van der Waals surface area contributed by atoms with Gasteiger partial charge in [-0.2, -0.15) is 0 Å². The van der Waals surface area contributed by atoms with Gasteiger partial charge in [-0.15, -0.1) is 0 Å². The van der Waals surface area contributed by atoms with Gasteiger partial charge in [0.1, 0.15) is 0 Å². The molecule has 0 aromatic heterocycles. The fourth-order valence-corrected chi connectivity index (χ4v) is 3.24. The fourth-order valence-electron chi connectivity index (χ4n) is 3.24. The molecule has 18 heavy (non-hydrogen) atoms. The van der Waals surface area contributed by atoms with Gasteiger partial charge in [0.15, 0.2) is 11.6 Å². The zero-order valence-electron chi connectivity index (χ0n) is 11.0. The summed E-state index contributed by atoms with van der Waals surface area (Å²) in [5.41, 5.74) is 1.64. The Hall–Kier alpha value is -1.44. The minimum absolute atomic E-state index is 0.0117. The third-order valence-corrected chi connectivity index (χ3v) is 4.49. The Kier molecular flexibility index (Phi) is 2.44. The highest BCUT2D eigenvalue weighted by atomic mass is 16.2. The van der Waals surface area contributed by atoms with Crippen molar-refractivity contribution in [2.45, 2.75) is 45.4 Å². The summed E-state index contributed by atoms with van der Waals surface area (Å²) in [6, 6.07) is 5.87. The molecule has 0 N–H and O–H groups in total. The van der Waals surface area contributed by atoms with Crippen LogP contribution >= 0.6 is 0 Å². The number of benzene rings is 1. The van der Waals surface area contributed by atoms with E-state index in [1.165, 1.54) is 31.2 Å². The van der Waals surface area contributed by atoms with Crippen LogP contribution in [0.2, 0.25) is 0 Å². The summed E-state index contributed by atoms with van der Waals surface area (Å²) < 4.78 is 0. The van der Waals surface area contributed by atoms with E-state index in [0.29, 0.717) is 17.0 Å². The predicted octanol–water partition coefficient (Wildman–Crippen LogP) is 3.75. The van der Waals surface area contributed by atoms with E-state index >= 15 is 0 Å². The van der Waals surface area contributed by atoms with E-state index in [9.17, 15) is 9.59 Å². The van der Waals surface area contributed by atoms with Crippen LogP contribution in [0.1, 0.15) is 71.7 Å². The Balaban J connectivity index is 2.05. The van der Waals surface area contributed by atoms with Gasteiger partial charge >= 0.3 is 0 Å². The summed E-state index contributed by atoms with van der Waals surface area (Å²) in [4.78, 5) is 24.4. The maximum absolute atomic E-state index is 12.3. The molecule has 0 atom stereocenters. The summed E-state index contributed by atoms with van der Waals surface area (Å²) in [5.74, 6) is 0.546. The summed E-state index contributed by atoms with van der Waals surface area (Å²) in [6.07, 6.45) is 4.98. The molecule has 0 aliphatic heterocycles. The monoisotopic (exact) mass is 242 g/mol. The molecule has 2 aliphatic carbocycles. The minimum Gasteiger partial charge on any atom is -0.293 e. The number of fused-ring (bicyclic) bond motifs is 1. The number of Topliss-reactive ketones (excluding diaryl/α,β-unsaturated/α-hetero) is 2. The van der Waals surface area contributed by atoms with Crippen molar-refractivity contribution < 1.29 is 9.59 Å². The minimum atomic E-state index is -0.864. The maximum Gasteiger partial charge on any atom is 0.176 e. The first-order valence-electron chi connectivity index (χ1n) is 6.75. The van der Waals surface area contributed by atoms with Crippen molar-refractivity contribution >= 4 is 11.6 Å². The van der Waals surface area contributed by atoms with Crippen LogP contribution in [0.5, 0.6) is 0 Å². The number of ketones is 2. The lowest BCUT2D eigenvalue weighted by molar-refractivity contribution is 0.0746. The van der Waals surface area contributed by atoms with Crippen LogP contribution in [0, 0.1) is 5.41 Å². The molecule has 0 amide bonds. The van der Waals surface area contributed by atoms with Crippen LogP contribution in [0.25, 0.3) is 0 Å². The van der Waals surface area contributed by atoms with E-state index in [1.54, 1.807) is 13.8 Å². The first-order chi connectivity index (χ1) is 8.51. The largest absolute Gasteiger partial charge is 0.293 e. The van der Waals surface area contributed by atoms with Crippen LogP contribution in [0.3, 0.4) is 0 Å². The molecule has 0 bridgehead atoms. The Morgan fingerprint density at radius 2 is 1.61 bits per heavy atom. The van der Waals surface area contributed by atoms with Gasteiger partial charge in [-0.25, -0.2) is 0 Å². The van der Waals surface area contributed by atoms with Crippen molar-refractivity contribution in [3.8, 4) is 0 Å². The second-order valence-electron chi connectivity index (χ2n) is 6.07. The number of hydrogen-bond acceptors (Lipinski definition) is 2. The highest BCUT2D eigenvalue weighted by Crippen LogP contribution is 2.40. The average Bonchev–Trinajstić information content (AvgIpc) is 2.94. The van der Waals surface area contributed by atoms with Crippen molar-refractivity contribution in [2.75, 3.05) is 0 Å². The first-order valence-corrected chi connectivity index (χ1v) is 6.75. The summed E-state index contributed by atoms with van der Waals surface area (Å²) in [7, 11) is 0. The Morgan fingerprint density at radius 3 is 2.28 bits per heavy atom. The maximum atomic E-state index is 12.3. The molecule has 0 radical (unpaired) electrons. The zero-order valence-corrected chi connectivity index (χ0v) is 11.0. The predicted molar refractivity (Wildman–Crippen MR) is 70.1 cm³/mol. The molecule has 2 heteroatoms. The van der Waals surface area contributed by atoms with E-state index in [-0.39, 0.29) is 11.6 Å². The third kappa shape index (κ3) is 1.48. The van der Waals surface area contributed by atoms with E-state index in [2.05, 4.69) is 0 Å². The van der Waals surface area contributed by atoms with Crippen LogP contribution < -0.4 is 0 Å². The van der Waals surface area contributed by atoms with Crippen molar-refractivity contribution in [1.29, 1.82) is 0 Å². The molecular weight excluding hydrogens is 224 g/mol. The SMILES string of the molecule is CC1(C)C(=O)c2ccc(C3CCCC3)cc2C1=O. The highest BCUT2D eigenvalue weighted by molar-refractivity contribution is 6.29. The molecule has 1 fully saturated rings. The van der Waals surface area contributed by atoms with Gasteiger partial charge < -0.3 is 0 Å². The third-order valence-electron chi connectivity index (χ3n) is 4.49. The fraction of sp³-hybridized carbons (Fsp3) is 0.500. The standard InChI is InChI=1S/C16H18O2/c1-16(2)14(17)12-8-7-11(9-13(12)15(16)18)10-5-3-4-6-10/h7-10H,3-6H2,1-2H3. The van der Waals surface area contributed by atoms with E-state index < -0.39 is 5.41 Å². The van der Waals surface area contributed by atoms with Gasteiger partial charge in [0.2, 0.25) is 0 Å². The highest BCUT2D eigenvalue weighted by Gasteiger charge is 2.45. The van der Waals surface area contributed by atoms with Gasteiger partial charge in [0.05, 0.1) is 5.41 Å². The molecule has 94 valence electrons. The molecule has 3 rings (SSSR count). The molecule has 2 nitrogen and oxygen atoms in total. The molecule has 0 saturated heterocycles. The number of carbonyl (C=O) groups is 2. The van der Waals surface area contributed by atoms with E-state index in [1.807, 2.05) is 18.2 Å². The van der Waals surface area contributed by atoms with Crippen LogP contribution in [-0.2, 0) is 0 Å². The number of hydrogen-bond donors (Lipinski definition) is 0. The van der Waals surface area contributed by atoms with Crippen molar-refractivity contribution in [2.24, 2.45) is 5.41 Å². The lowest BCUT2D eigenvalue weighted by Crippen LogP contribution is -2.25. The van der Waals surface area contributed by atoms with Crippen molar-refractivity contribution in [3.05, 3.63) is 34.9 Å². The Labute approximate surface area is 107 Å². The molecule has 0 heterocycles.